The molecular formula is C23H30N2O3S. The van der Waals surface area contributed by atoms with Crippen LogP contribution in [0.1, 0.15) is 62.3 Å². The summed E-state index contributed by atoms with van der Waals surface area (Å²) >= 11 is 0. The van der Waals surface area contributed by atoms with E-state index < -0.39 is 10.0 Å². The van der Waals surface area contributed by atoms with E-state index in [1.807, 2.05) is 32.9 Å². The first kappa shape index (κ1) is 21.5. The smallest absolute Gasteiger partial charge is 0.243 e. The zero-order chi connectivity index (χ0) is 21.0. The fourth-order valence-electron chi connectivity index (χ4n) is 4.06. The maximum atomic E-state index is 12.9. The number of carbonyl (C=O) groups is 1. The zero-order valence-electron chi connectivity index (χ0n) is 17.4. The molecule has 5 nitrogen and oxygen atoms in total. The average Bonchev–Trinajstić information content (AvgIpc) is 2.74. The van der Waals surface area contributed by atoms with Gasteiger partial charge in [0.15, 0.2) is 0 Å². The van der Waals surface area contributed by atoms with Crippen LogP contribution >= 0.6 is 0 Å². The molecule has 6 heteroatoms. The van der Waals surface area contributed by atoms with Crippen molar-refractivity contribution in [2.75, 3.05) is 13.1 Å². The third-order valence-electron chi connectivity index (χ3n) is 5.77. The summed E-state index contributed by atoms with van der Waals surface area (Å²) < 4.78 is 26.7. The van der Waals surface area contributed by atoms with Crippen molar-refractivity contribution in [2.45, 2.75) is 56.9 Å². The Kier molecular flexibility index (Phi) is 6.75. The van der Waals surface area contributed by atoms with Gasteiger partial charge in [-0.05, 0) is 55.0 Å². The maximum absolute atomic E-state index is 12.9. The monoisotopic (exact) mass is 414 g/mol. The van der Waals surface area contributed by atoms with E-state index in [1.54, 1.807) is 24.3 Å². The lowest BCUT2D eigenvalue weighted by atomic mass is 9.82. The minimum Gasteiger partial charge on any atom is -0.349 e. The third kappa shape index (κ3) is 4.54. The molecule has 3 rings (SSSR count). The van der Waals surface area contributed by atoms with Crippen LogP contribution < -0.4 is 5.32 Å². The van der Waals surface area contributed by atoms with Gasteiger partial charge in [0.25, 0.3) is 0 Å². The van der Waals surface area contributed by atoms with Gasteiger partial charge >= 0.3 is 0 Å². The molecule has 0 bridgehead atoms. The highest BCUT2D eigenvalue weighted by molar-refractivity contribution is 7.89. The minimum atomic E-state index is -3.47. The number of hydrogen-bond donors (Lipinski definition) is 1. The first-order valence-corrected chi connectivity index (χ1v) is 11.8. The molecule has 1 aliphatic carbocycles. The average molecular weight is 415 g/mol. The molecule has 0 saturated carbocycles. The topological polar surface area (TPSA) is 66.5 Å². The number of carbonyl (C=O) groups excluding carboxylic acids is 1. The van der Waals surface area contributed by atoms with Crippen molar-refractivity contribution < 1.29 is 13.2 Å². The van der Waals surface area contributed by atoms with E-state index in [1.165, 1.54) is 9.87 Å². The second-order valence-electron chi connectivity index (χ2n) is 7.53. The van der Waals surface area contributed by atoms with Gasteiger partial charge in [-0.1, -0.05) is 50.2 Å². The van der Waals surface area contributed by atoms with Crippen LogP contribution in [-0.2, 0) is 21.2 Å². The molecule has 2 atom stereocenters. The van der Waals surface area contributed by atoms with Crippen molar-refractivity contribution in [2.24, 2.45) is 0 Å². The van der Waals surface area contributed by atoms with Crippen molar-refractivity contribution in [3.63, 3.8) is 0 Å². The van der Waals surface area contributed by atoms with Gasteiger partial charge in [0, 0.05) is 13.1 Å². The van der Waals surface area contributed by atoms with Gasteiger partial charge in [-0.2, -0.15) is 4.31 Å². The van der Waals surface area contributed by atoms with E-state index in [2.05, 4.69) is 17.4 Å². The Bertz CT molecular complexity index is 950. The van der Waals surface area contributed by atoms with Crippen LogP contribution in [0.4, 0.5) is 0 Å². The van der Waals surface area contributed by atoms with E-state index in [-0.39, 0.29) is 22.8 Å². The van der Waals surface area contributed by atoms with Crippen molar-refractivity contribution in [1.82, 2.24) is 9.62 Å². The summed E-state index contributed by atoms with van der Waals surface area (Å²) in [5, 5.41) is 3.11. The second kappa shape index (κ2) is 9.09. The largest absolute Gasteiger partial charge is 0.349 e. The highest BCUT2D eigenvalue weighted by Gasteiger charge is 2.27. The Morgan fingerprint density at radius 1 is 1.10 bits per heavy atom. The van der Waals surface area contributed by atoms with Crippen LogP contribution in [0.15, 0.2) is 53.4 Å². The van der Waals surface area contributed by atoms with Gasteiger partial charge in [-0.25, -0.2) is 8.42 Å². The molecule has 2 aromatic carbocycles. The molecule has 1 amide bonds. The Labute approximate surface area is 174 Å². The number of nitrogens with one attached hydrogen (secondary N) is 1. The molecule has 1 aliphatic rings. The number of nitrogens with zero attached hydrogens (tertiary/aromatic N) is 1. The Morgan fingerprint density at radius 3 is 2.41 bits per heavy atom. The summed E-state index contributed by atoms with van der Waals surface area (Å²) in [6, 6.07) is 14.8. The van der Waals surface area contributed by atoms with E-state index in [4.69, 9.17) is 0 Å². The van der Waals surface area contributed by atoms with Crippen LogP contribution in [0.25, 0.3) is 0 Å². The van der Waals surface area contributed by atoms with Crippen molar-refractivity contribution in [3.8, 4) is 0 Å². The Hall–Kier alpha value is -2.18. The molecule has 0 aliphatic heterocycles. The lowest BCUT2D eigenvalue weighted by Gasteiger charge is -2.26. The molecule has 2 aromatic rings. The quantitative estimate of drug-likeness (QED) is 0.744. The normalized spacial score (nSPS) is 17.6. The molecule has 0 aromatic heterocycles. The summed E-state index contributed by atoms with van der Waals surface area (Å²) in [5.74, 6) is -0.0887. The Morgan fingerprint density at radius 2 is 1.76 bits per heavy atom. The summed E-state index contributed by atoms with van der Waals surface area (Å²) in [6.07, 6.45) is 2.90. The highest BCUT2D eigenvalue weighted by atomic mass is 32.2. The lowest BCUT2D eigenvalue weighted by Crippen LogP contribution is -2.33. The van der Waals surface area contributed by atoms with Gasteiger partial charge < -0.3 is 5.32 Å². The first-order chi connectivity index (χ1) is 13.9. The van der Waals surface area contributed by atoms with Gasteiger partial charge in [0.2, 0.25) is 15.9 Å². The first-order valence-electron chi connectivity index (χ1n) is 10.4. The summed E-state index contributed by atoms with van der Waals surface area (Å²) in [6.45, 7) is 6.47. The van der Waals surface area contributed by atoms with E-state index in [9.17, 15) is 13.2 Å². The van der Waals surface area contributed by atoms with Crippen LogP contribution in [0.2, 0.25) is 0 Å². The van der Waals surface area contributed by atoms with Crippen LogP contribution in [-0.4, -0.2) is 31.7 Å². The van der Waals surface area contributed by atoms with Crippen molar-refractivity contribution in [1.29, 1.82) is 0 Å². The van der Waals surface area contributed by atoms with E-state index in [0.717, 1.165) is 30.4 Å². The summed E-state index contributed by atoms with van der Waals surface area (Å²) in [5.41, 5.74) is 3.28. The van der Waals surface area contributed by atoms with Crippen LogP contribution in [0.3, 0.4) is 0 Å². The number of benzene rings is 2. The zero-order valence-corrected chi connectivity index (χ0v) is 18.2. The van der Waals surface area contributed by atoms with Gasteiger partial charge in [-0.3, -0.25) is 4.79 Å². The van der Waals surface area contributed by atoms with Gasteiger partial charge in [0.1, 0.15) is 0 Å². The van der Waals surface area contributed by atoms with Gasteiger partial charge in [0.05, 0.1) is 16.9 Å². The molecule has 0 spiro atoms. The summed E-state index contributed by atoms with van der Waals surface area (Å²) in [4.78, 5) is 13.2. The van der Waals surface area contributed by atoms with Gasteiger partial charge in [-0.15, -0.1) is 0 Å². The molecule has 29 heavy (non-hydrogen) atoms. The second-order valence-corrected chi connectivity index (χ2v) is 9.47. The molecule has 1 N–H and O–H groups in total. The SMILES string of the molecule is CCN(CC)S(=O)(=O)c1ccc(C(C)NC(=O)C2CCCc3ccccc32)cc1. The number of rotatable bonds is 7. The van der Waals surface area contributed by atoms with Crippen molar-refractivity contribution in [3.05, 3.63) is 65.2 Å². The lowest BCUT2D eigenvalue weighted by molar-refractivity contribution is -0.123. The summed E-state index contributed by atoms with van der Waals surface area (Å²) in [7, 11) is -3.47. The molecule has 0 heterocycles. The number of fused-ring (bicyclic) bond motifs is 1. The van der Waals surface area contributed by atoms with Crippen molar-refractivity contribution >= 4 is 15.9 Å². The standard InChI is InChI=1S/C23H30N2O3S/c1-4-25(5-2)29(27,28)20-15-13-18(14-16-20)17(3)24-23(26)22-12-8-10-19-9-6-7-11-21(19)22/h6-7,9,11,13-17,22H,4-5,8,10,12H2,1-3H3,(H,24,26). The number of amides is 1. The molecule has 0 saturated heterocycles. The van der Waals surface area contributed by atoms with E-state index in [0.29, 0.717) is 13.1 Å². The fourth-order valence-corrected chi connectivity index (χ4v) is 5.52. The molecular weight excluding hydrogens is 384 g/mol. The predicted molar refractivity (Wildman–Crippen MR) is 115 cm³/mol. The van der Waals surface area contributed by atoms with E-state index >= 15 is 0 Å². The predicted octanol–water partition coefficient (Wildman–Crippen LogP) is 4.01. The number of aryl methyl sites for hydroxylation is 1. The minimum absolute atomic E-state index is 0.0319. The third-order valence-corrected chi connectivity index (χ3v) is 7.83. The molecule has 0 radical (unpaired) electrons. The number of sulfonamides is 1. The number of hydrogen-bond acceptors (Lipinski definition) is 3. The highest BCUT2D eigenvalue weighted by Crippen LogP contribution is 2.32. The Balaban J connectivity index is 1.72. The molecule has 156 valence electrons. The maximum Gasteiger partial charge on any atom is 0.243 e. The molecule has 2 unspecified atom stereocenters. The van der Waals surface area contributed by atoms with Crippen LogP contribution in [0.5, 0.6) is 0 Å². The molecule has 0 fully saturated rings. The van der Waals surface area contributed by atoms with Crippen LogP contribution in [0, 0.1) is 0 Å². The fraction of sp³-hybridized carbons (Fsp3) is 0.435.